The molecule has 2 amide bonds. The quantitative estimate of drug-likeness (QED) is 0.590. The summed E-state index contributed by atoms with van der Waals surface area (Å²) in [6, 6.07) is 12.9. The molecule has 0 spiro atoms. The molecule has 166 valence electrons. The summed E-state index contributed by atoms with van der Waals surface area (Å²) in [7, 11) is 0. The highest BCUT2D eigenvalue weighted by Gasteiger charge is 2.24. The largest absolute Gasteiger partial charge is 0.494 e. The molecule has 1 aliphatic rings. The minimum atomic E-state index is 0.0226. The fourth-order valence-electron chi connectivity index (χ4n) is 3.72. The van der Waals surface area contributed by atoms with Crippen LogP contribution in [-0.2, 0) is 11.2 Å². The summed E-state index contributed by atoms with van der Waals surface area (Å²) in [6.45, 7) is 3.81. The number of likely N-dealkylation sites (tertiary alicyclic amines) is 1. The fourth-order valence-corrected chi connectivity index (χ4v) is 4.04. The van der Waals surface area contributed by atoms with Crippen LogP contribution in [0.15, 0.2) is 42.5 Å². The van der Waals surface area contributed by atoms with Crippen molar-refractivity contribution in [3.05, 3.63) is 63.6 Å². The van der Waals surface area contributed by atoms with Gasteiger partial charge in [0.15, 0.2) is 0 Å². The zero-order chi connectivity index (χ0) is 22.2. The van der Waals surface area contributed by atoms with Gasteiger partial charge >= 0.3 is 0 Å². The highest BCUT2D eigenvalue weighted by atomic mass is 35.5. The van der Waals surface area contributed by atoms with Crippen LogP contribution in [0.1, 0.15) is 48.5 Å². The van der Waals surface area contributed by atoms with Crippen molar-refractivity contribution in [1.29, 1.82) is 0 Å². The predicted molar refractivity (Wildman–Crippen MR) is 124 cm³/mol. The van der Waals surface area contributed by atoms with Gasteiger partial charge in [0.2, 0.25) is 5.91 Å². The number of nitrogens with one attached hydrogen (secondary N) is 1. The van der Waals surface area contributed by atoms with E-state index in [1.165, 1.54) is 0 Å². The lowest BCUT2D eigenvalue weighted by molar-refractivity contribution is -0.122. The number of amides is 2. The van der Waals surface area contributed by atoms with Crippen molar-refractivity contribution >= 4 is 35.0 Å². The number of aryl methyl sites for hydroxylation is 1. The Bertz CT molecular complexity index is 894. The molecule has 31 heavy (non-hydrogen) atoms. The van der Waals surface area contributed by atoms with Gasteiger partial charge in [0.1, 0.15) is 5.75 Å². The molecule has 0 aliphatic carbocycles. The molecule has 1 N–H and O–H groups in total. The van der Waals surface area contributed by atoms with Crippen LogP contribution >= 0.6 is 23.2 Å². The Balaban J connectivity index is 1.38. The van der Waals surface area contributed by atoms with Gasteiger partial charge in [-0.05, 0) is 74.6 Å². The van der Waals surface area contributed by atoms with Gasteiger partial charge in [-0.2, -0.15) is 0 Å². The normalized spacial score (nSPS) is 14.4. The molecule has 1 aliphatic heterocycles. The Labute approximate surface area is 193 Å². The molecule has 7 heteroatoms. The summed E-state index contributed by atoms with van der Waals surface area (Å²) < 4.78 is 5.42. The molecule has 2 aromatic carbocycles. The van der Waals surface area contributed by atoms with Crippen LogP contribution in [-0.4, -0.2) is 42.5 Å². The number of carbonyl (C=O) groups is 2. The molecule has 3 rings (SSSR count). The molecule has 0 bridgehead atoms. The minimum Gasteiger partial charge on any atom is -0.494 e. The maximum atomic E-state index is 12.7. The van der Waals surface area contributed by atoms with E-state index in [-0.39, 0.29) is 17.9 Å². The third kappa shape index (κ3) is 6.88. The van der Waals surface area contributed by atoms with E-state index in [0.717, 1.165) is 37.0 Å². The van der Waals surface area contributed by atoms with Gasteiger partial charge in [-0.15, -0.1) is 0 Å². The average molecular weight is 463 g/mol. The van der Waals surface area contributed by atoms with Crippen LogP contribution in [0.3, 0.4) is 0 Å². The summed E-state index contributed by atoms with van der Waals surface area (Å²) in [6.07, 6.45) is 3.52. The Kier molecular flexibility index (Phi) is 8.61. The van der Waals surface area contributed by atoms with Crippen molar-refractivity contribution in [2.45, 2.75) is 45.1 Å². The number of hydrogen-bond donors (Lipinski definition) is 1. The van der Waals surface area contributed by atoms with Crippen molar-refractivity contribution in [2.75, 3.05) is 19.7 Å². The topological polar surface area (TPSA) is 58.6 Å². The zero-order valence-corrected chi connectivity index (χ0v) is 19.2. The second kappa shape index (κ2) is 11.4. The number of benzene rings is 2. The first kappa shape index (κ1) is 23.4. The number of halogens is 2. The van der Waals surface area contributed by atoms with Crippen molar-refractivity contribution in [3.63, 3.8) is 0 Å². The molecular formula is C24H28Cl2N2O3. The summed E-state index contributed by atoms with van der Waals surface area (Å²) in [4.78, 5) is 26.8. The molecule has 1 saturated heterocycles. The van der Waals surface area contributed by atoms with Crippen LogP contribution < -0.4 is 10.1 Å². The van der Waals surface area contributed by atoms with Gasteiger partial charge in [0.25, 0.3) is 5.91 Å². The number of hydrogen-bond acceptors (Lipinski definition) is 3. The van der Waals surface area contributed by atoms with E-state index in [9.17, 15) is 9.59 Å². The first-order valence-corrected chi connectivity index (χ1v) is 11.5. The smallest absolute Gasteiger partial charge is 0.253 e. The zero-order valence-electron chi connectivity index (χ0n) is 17.7. The second-order valence-corrected chi connectivity index (χ2v) is 8.51. The van der Waals surface area contributed by atoms with Gasteiger partial charge in [0, 0.05) is 31.1 Å². The molecular weight excluding hydrogens is 435 g/mol. The van der Waals surface area contributed by atoms with Crippen LogP contribution in [0.5, 0.6) is 5.75 Å². The van der Waals surface area contributed by atoms with Crippen molar-refractivity contribution in [2.24, 2.45) is 0 Å². The third-order valence-corrected chi connectivity index (χ3v) is 6.15. The van der Waals surface area contributed by atoms with Crippen LogP contribution in [0.2, 0.25) is 10.0 Å². The standard InChI is InChI=1S/C24H28Cl2N2O3/c1-2-31-20-9-7-18(8-10-20)24(30)28-14-12-19(13-15-28)27-23(29)5-3-4-17-6-11-21(25)22(26)16-17/h6-11,16,19H,2-5,12-15H2,1H3,(H,27,29). The Morgan fingerprint density at radius 2 is 1.77 bits per heavy atom. The van der Waals surface area contributed by atoms with E-state index in [1.807, 2.05) is 36.1 Å². The minimum absolute atomic E-state index is 0.0226. The van der Waals surface area contributed by atoms with Gasteiger partial charge in [-0.1, -0.05) is 29.3 Å². The highest BCUT2D eigenvalue weighted by Crippen LogP contribution is 2.23. The van der Waals surface area contributed by atoms with Crippen molar-refractivity contribution < 1.29 is 14.3 Å². The lowest BCUT2D eigenvalue weighted by Gasteiger charge is -2.32. The van der Waals surface area contributed by atoms with Gasteiger partial charge in [-0.25, -0.2) is 0 Å². The molecule has 2 aromatic rings. The summed E-state index contributed by atoms with van der Waals surface area (Å²) in [5.41, 5.74) is 1.73. The molecule has 0 radical (unpaired) electrons. The Hall–Kier alpha value is -2.24. The number of rotatable bonds is 8. The molecule has 1 heterocycles. The maximum absolute atomic E-state index is 12.7. The molecule has 0 atom stereocenters. The van der Waals surface area contributed by atoms with Crippen molar-refractivity contribution in [1.82, 2.24) is 10.2 Å². The fraction of sp³-hybridized carbons (Fsp3) is 0.417. The number of ether oxygens (including phenoxy) is 1. The number of piperidine rings is 1. The summed E-state index contributed by atoms with van der Waals surface area (Å²) >= 11 is 12.0. The average Bonchev–Trinajstić information content (AvgIpc) is 2.77. The Morgan fingerprint density at radius 3 is 2.42 bits per heavy atom. The van der Waals surface area contributed by atoms with Crippen LogP contribution in [0.4, 0.5) is 0 Å². The van der Waals surface area contributed by atoms with Gasteiger partial charge < -0.3 is 15.0 Å². The number of nitrogens with zero attached hydrogens (tertiary/aromatic N) is 1. The lowest BCUT2D eigenvalue weighted by Crippen LogP contribution is -2.46. The van der Waals surface area contributed by atoms with E-state index in [4.69, 9.17) is 27.9 Å². The van der Waals surface area contributed by atoms with Crippen molar-refractivity contribution in [3.8, 4) is 5.75 Å². The maximum Gasteiger partial charge on any atom is 0.253 e. The lowest BCUT2D eigenvalue weighted by atomic mass is 10.0. The molecule has 0 unspecified atom stereocenters. The summed E-state index contributed by atoms with van der Waals surface area (Å²) in [5.74, 6) is 0.838. The third-order valence-electron chi connectivity index (χ3n) is 5.41. The molecule has 1 fully saturated rings. The number of carbonyl (C=O) groups excluding carboxylic acids is 2. The second-order valence-electron chi connectivity index (χ2n) is 7.69. The van der Waals surface area contributed by atoms with E-state index in [1.54, 1.807) is 18.2 Å². The van der Waals surface area contributed by atoms with Crippen LogP contribution in [0, 0.1) is 0 Å². The van der Waals surface area contributed by atoms with Gasteiger partial charge in [0.05, 0.1) is 16.7 Å². The van der Waals surface area contributed by atoms with Gasteiger partial charge in [-0.3, -0.25) is 9.59 Å². The molecule has 0 saturated carbocycles. The van der Waals surface area contributed by atoms with E-state index in [0.29, 0.717) is 41.7 Å². The SMILES string of the molecule is CCOc1ccc(C(=O)N2CCC(NC(=O)CCCc3ccc(Cl)c(Cl)c3)CC2)cc1. The Morgan fingerprint density at radius 1 is 1.06 bits per heavy atom. The van der Waals surface area contributed by atoms with Crippen LogP contribution in [0.25, 0.3) is 0 Å². The summed E-state index contributed by atoms with van der Waals surface area (Å²) in [5, 5.41) is 4.18. The first-order valence-electron chi connectivity index (χ1n) is 10.7. The highest BCUT2D eigenvalue weighted by molar-refractivity contribution is 6.42. The molecule has 5 nitrogen and oxygen atoms in total. The first-order chi connectivity index (χ1) is 15.0. The monoisotopic (exact) mass is 462 g/mol. The molecule has 0 aromatic heterocycles. The van der Waals surface area contributed by atoms with E-state index in [2.05, 4.69) is 5.32 Å². The van der Waals surface area contributed by atoms with E-state index >= 15 is 0 Å². The van der Waals surface area contributed by atoms with E-state index < -0.39 is 0 Å². The predicted octanol–water partition coefficient (Wildman–Crippen LogP) is 5.14.